The van der Waals surface area contributed by atoms with Gasteiger partial charge in [0.2, 0.25) is 0 Å². The predicted molar refractivity (Wildman–Crippen MR) is 85.0 cm³/mol. The number of rotatable bonds is 6. The summed E-state index contributed by atoms with van der Waals surface area (Å²) in [7, 11) is 0. The number of hydrogen-bond acceptors (Lipinski definition) is 2. The Morgan fingerprint density at radius 2 is 1.89 bits per heavy atom. The molecular weight excluding hydrogens is 250 g/mol. The van der Waals surface area contributed by atoms with Gasteiger partial charge in [-0.05, 0) is 49.9 Å². The van der Waals surface area contributed by atoms with Crippen molar-refractivity contribution in [2.24, 2.45) is 0 Å². The first-order valence-corrected chi connectivity index (χ1v) is 7.80. The summed E-state index contributed by atoms with van der Waals surface area (Å²) in [5.74, 6) is 0.624. The molecule has 0 aliphatic rings. The third-order valence-electron chi connectivity index (χ3n) is 3.58. The molecule has 0 aliphatic heterocycles. The van der Waals surface area contributed by atoms with Crippen LogP contribution in [0.5, 0.6) is 0 Å². The first kappa shape index (κ1) is 14.3. The molecule has 1 heterocycles. The lowest BCUT2D eigenvalue weighted by atomic mass is 9.98. The van der Waals surface area contributed by atoms with Crippen LogP contribution in [0.15, 0.2) is 36.4 Å². The van der Waals surface area contributed by atoms with Crippen molar-refractivity contribution in [1.82, 2.24) is 5.32 Å². The molecule has 1 nitrogen and oxygen atoms in total. The third-order valence-corrected chi connectivity index (χ3v) is 4.59. The number of benzene rings is 1. The predicted octanol–water partition coefficient (Wildman–Crippen LogP) is 4.65. The molecule has 1 aromatic carbocycles. The van der Waals surface area contributed by atoms with Gasteiger partial charge in [-0.15, -0.1) is 11.3 Å². The highest BCUT2D eigenvalue weighted by Crippen LogP contribution is 2.21. The summed E-state index contributed by atoms with van der Waals surface area (Å²) in [6, 6.07) is 13.1. The normalized spacial score (nSPS) is 12.6. The molecule has 2 heteroatoms. The van der Waals surface area contributed by atoms with Crippen LogP contribution in [0.3, 0.4) is 0 Å². The largest absolute Gasteiger partial charge is 0.313 e. The molecule has 0 aliphatic carbocycles. The van der Waals surface area contributed by atoms with Crippen molar-refractivity contribution in [3.05, 3.63) is 57.3 Å². The molecule has 0 saturated carbocycles. The fourth-order valence-corrected chi connectivity index (χ4v) is 3.30. The van der Waals surface area contributed by atoms with E-state index in [0.717, 1.165) is 13.1 Å². The molecule has 19 heavy (non-hydrogen) atoms. The molecule has 1 unspecified atom stereocenters. The summed E-state index contributed by atoms with van der Waals surface area (Å²) in [6.07, 6.45) is 1.19. The van der Waals surface area contributed by atoms with E-state index in [1.54, 1.807) is 0 Å². The maximum Gasteiger partial charge on any atom is 0.0216 e. The Kier molecular flexibility index (Phi) is 5.17. The summed E-state index contributed by atoms with van der Waals surface area (Å²) in [5, 5.41) is 3.56. The molecule has 0 bridgehead atoms. The van der Waals surface area contributed by atoms with E-state index in [0.29, 0.717) is 5.92 Å². The van der Waals surface area contributed by atoms with Crippen LogP contribution in [-0.2, 0) is 6.54 Å². The quantitative estimate of drug-likeness (QED) is 0.756. The number of thiophene rings is 1. The third kappa shape index (κ3) is 4.19. The van der Waals surface area contributed by atoms with Crippen molar-refractivity contribution >= 4 is 11.3 Å². The Labute approximate surface area is 120 Å². The summed E-state index contributed by atoms with van der Waals surface area (Å²) in [4.78, 5) is 2.85. The van der Waals surface area contributed by atoms with E-state index >= 15 is 0 Å². The molecule has 1 atom stereocenters. The summed E-state index contributed by atoms with van der Waals surface area (Å²) < 4.78 is 0. The van der Waals surface area contributed by atoms with Gasteiger partial charge in [-0.3, -0.25) is 0 Å². The van der Waals surface area contributed by atoms with E-state index in [1.165, 1.54) is 27.3 Å². The minimum atomic E-state index is 0.624. The Morgan fingerprint density at radius 3 is 2.53 bits per heavy atom. The van der Waals surface area contributed by atoms with Gasteiger partial charge in [-0.2, -0.15) is 0 Å². The average molecular weight is 273 g/mol. The zero-order valence-electron chi connectivity index (χ0n) is 12.1. The lowest BCUT2D eigenvalue weighted by Crippen LogP contribution is -2.16. The van der Waals surface area contributed by atoms with Gasteiger partial charge in [0, 0.05) is 16.3 Å². The number of aryl methyl sites for hydroxylation is 2. The van der Waals surface area contributed by atoms with Crippen LogP contribution in [0.25, 0.3) is 0 Å². The van der Waals surface area contributed by atoms with Gasteiger partial charge < -0.3 is 5.32 Å². The molecule has 0 saturated heterocycles. The van der Waals surface area contributed by atoms with Crippen molar-refractivity contribution in [3.63, 3.8) is 0 Å². The zero-order valence-corrected chi connectivity index (χ0v) is 12.9. The monoisotopic (exact) mass is 273 g/mol. The van der Waals surface area contributed by atoms with Crippen LogP contribution in [0, 0.1) is 13.8 Å². The summed E-state index contributed by atoms with van der Waals surface area (Å²) >= 11 is 1.89. The summed E-state index contributed by atoms with van der Waals surface area (Å²) in [6.45, 7) is 8.76. The van der Waals surface area contributed by atoms with Crippen LogP contribution in [0.1, 0.15) is 40.1 Å². The van der Waals surface area contributed by atoms with Gasteiger partial charge >= 0.3 is 0 Å². The Bertz CT molecular complexity index is 501. The van der Waals surface area contributed by atoms with Crippen molar-refractivity contribution < 1.29 is 0 Å². The van der Waals surface area contributed by atoms with E-state index in [1.807, 2.05) is 11.3 Å². The van der Waals surface area contributed by atoms with Crippen molar-refractivity contribution in [2.75, 3.05) is 6.54 Å². The Hall–Kier alpha value is -1.12. The topological polar surface area (TPSA) is 12.0 Å². The van der Waals surface area contributed by atoms with Gasteiger partial charge in [0.15, 0.2) is 0 Å². The van der Waals surface area contributed by atoms with Crippen LogP contribution in [-0.4, -0.2) is 6.54 Å². The molecule has 102 valence electrons. The Morgan fingerprint density at radius 1 is 1.16 bits per heavy atom. The Balaban J connectivity index is 1.74. The summed E-state index contributed by atoms with van der Waals surface area (Å²) in [5.41, 5.74) is 2.89. The van der Waals surface area contributed by atoms with Gasteiger partial charge in [0.25, 0.3) is 0 Å². The van der Waals surface area contributed by atoms with Crippen LogP contribution in [0.4, 0.5) is 0 Å². The molecule has 0 radical (unpaired) electrons. The fourth-order valence-electron chi connectivity index (χ4n) is 2.35. The second-order valence-electron chi connectivity index (χ2n) is 5.22. The molecular formula is C17H23NS. The van der Waals surface area contributed by atoms with E-state index in [9.17, 15) is 0 Å². The lowest BCUT2D eigenvalue weighted by Gasteiger charge is -2.12. The maximum absolute atomic E-state index is 3.56. The maximum atomic E-state index is 3.56. The van der Waals surface area contributed by atoms with E-state index in [-0.39, 0.29) is 0 Å². The van der Waals surface area contributed by atoms with E-state index in [4.69, 9.17) is 0 Å². The molecule has 0 amide bonds. The van der Waals surface area contributed by atoms with Gasteiger partial charge in [0.05, 0.1) is 0 Å². The van der Waals surface area contributed by atoms with Crippen molar-refractivity contribution in [2.45, 2.75) is 39.7 Å². The smallest absolute Gasteiger partial charge is 0.0216 e. The minimum Gasteiger partial charge on any atom is -0.313 e. The molecule has 2 rings (SSSR count). The standard InChI is InChI=1S/C17H23NS/c1-13(16-7-5-4-6-8-16)9-10-18-12-17-11-14(2)19-15(17)3/h4-8,11,13,18H,9-10,12H2,1-3H3. The fraction of sp³-hybridized carbons (Fsp3) is 0.412. The van der Waals surface area contributed by atoms with E-state index in [2.05, 4.69) is 62.5 Å². The zero-order chi connectivity index (χ0) is 13.7. The second kappa shape index (κ2) is 6.88. The first-order chi connectivity index (χ1) is 9.16. The van der Waals surface area contributed by atoms with Crippen molar-refractivity contribution in [1.29, 1.82) is 0 Å². The molecule has 1 aromatic heterocycles. The van der Waals surface area contributed by atoms with E-state index < -0.39 is 0 Å². The van der Waals surface area contributed by atoms with Crippen LogP contribution >= 0.6 is 11.3 Å². The number of nitrogens with one attached hydrogen (secondary N) is 1. The SMILES string of the molecule is Cc1cc(CNCCC(C)c2ccccc2)c(C)s1. The van der Waals surface area contributed by atoms with Gasteiger partial charge in [-0.1, -0.05) is 37.3 Å². The van der Waals surface area contributed by atoms with Gasteiger partial charge in [0.1, 0.15) is 0 Å². The average Bonchev–Trinajstić information content (AvgIpc) is 2.74. The van der Waals surface area contributed by atoms with Crippen LogP contribution < -0.4 is 5.32 Å². The number of hydrogen-bond donors (Lipinski definition) is 1. The molecule has 0 fully saturated rings. The van der Waals surface area contributed by atoms with Crippen molar-refractivity contribution in [3.8, 4) is 0 Å². The second-order valence-corrected chi connectivity index (χ2v) is 6.68. The lowest BCUT2D eigenvalue weighted by molar-refractivity contribution is 0.594. The molecule has 0 spiro atoms. The molecule has 1 N–H and O–H groups in total. The van der Waals surface area contributed by atoms with Crippen LogP contribution in [0.2, 0.25) is 0 Å². The van der Waals surface area contributed by atoms with Gasteiger partial charge in [-0.25, -0.2) is 0 Å². The highest BCUT2D eigenvalue weighted by molar-refractivity contribution is 7.12. The molecule has 2 aromatic rings. The minimum absolute atomic E-state index is 0.624. The first-order valence-electron chi connectivity index (χ1n) is 6.98. The highest BCUT2D eigenvalue weighted by Gasteiger charge is 2.05. The highest BCUT2D eigenvalue weighted by atomic mass is 32.1.